The zero-order valence-electron chi connectivity index (χ0n) is 19.8. The Morgan fingerprint density at radius 3 is 1.67 bits per heavy atom. The molecule has 0 radical (unpaired) electrons. The molecule has 3 N–H and O–H groups in total. The average molecular weight is 472 g/mol. The fourth-order valence-electron chi connectivity index (χ4n) is 2.52. The Kier molecular flexibility index (Phi) is 16.9. The summed E-state index contributed by atoms with van der Waals surface area (Å²) in [6.07, 6.45) is -1.11. The molecule has 0 spiro atoms. The number of hydrogen-bond donors (Lipinski definition) is 2. The Bertz CT molecular complexity index is 763. The zero-order valence-corrected chi connectivity index (χ0v) is 20.6. The Morgan fingerprint density at radius 2 is 1.21 bits per heavy atom. The molecule has 180 valence electrons. The van der Waals surface area contributed by atoms with Crippen molar-refractivity contribution in [3.05, 3.63) is 102 Å². The van der Waals surface area contributed by atoms with Gasteiger partial charge in [0.15, 0.2) is 0 Å². The normalized spacial score (nSPS) is 11.9. The molecular weight excluding hydrogens is 434 g/mol. The minimum atomic E-state index is -0.634. The van der Waals surface area contributed by atoms with Crippen LogP contribution in [0.5, 0.6) is 0 Å². The van der Waals surface area contributed by atoms with Crippen LogP contribution in [-0.2, 0) is 27.5 Å². The van der Waals surface area contributed by atoms with E-state index in [1.54, 1.807) is 18.7 Å². The van der Waals surface area contributed by atoms with E-state index in [1.807, 2.05) is 80.6 Å². The van der Waals surface area contributed by atoms with Crippen LogP contribution < -0.4 is 5.90 Å². The van der Waals surface area contributed by atoms with Gasteiger partial charge < -0.3 is 14.6 Å². The van der Waals surface area contributed by atoms with E-state index in [1.165, 1.54) is 10.5 Å². The van der Waals surface area contributed by atoms with E-state index in [0.29, 0.717) is 19.2 Å². The lowest BCUT2D eigenvalue weighted by atomic mass is 10.2. The number of aliphatic hydroxyl groups is 1. The lowest BCUT2D eigenvalue weighted by Gasteiger charge is -2.17. The van der Waals surface area contributed by atoms with Crippen LogP contribution in [0.25, 0.3) is 0 Å². The van der Waals surface area contributed by atoms with Gasteiger partial charge in [-0.25, -0.2) is 5.90 Å². The molecular formula is C27H37NO4S. The number of thioether (sulfide) groups is 1. The maximum Gasteiger partial charge on any atom is 0.127 e. The molecule has 1 unspecified atom stereocenters. The molecule has 0 fully saturated rings. The number of benzene rings is 3. The van der Waals surface area contributed by atoms with Gasteiger partial charge in [0.1, 0.15) is 6.10 Å². The van der Waals surface area contributed by atoms with Crippen molar-refractivity contribution < 1.29 is 19.4 Å². The molecule has 0 amide bonds. The van der Waals surface area contributed by atoms with Crippen molar-refractivity contribution in [1.82, 2.24) is 0 Å². The molecule has 0 aliphatic rings. The topological polar surface area (TPSA) is 73.9 Å². The van der Waals surface area contributed by atoms with Crippen molar-refractivity contribution in [2.45, 2.75) is 51.1 Å². The molecule has 3 rings (SSSR count). The molecule has 0 aliphatic carbocycles. The van der Waals surface area contributed by atoms with Gasteiger partial charge in [0, 0.05) is 4.90 Å². The van der Waals surface area contributed by atoms with Gasteiger partial charge in [0.05, 0.1) is 31.9 Å². The van der Waals surface area contributed by atoms with E-state index >= 15 is 0 Å². The second kappa shape index (κ2) is 19.3. The summed E-state index contributed by atoms with van der Waals surface area (Å²) in [7, 11) is 0. The highest BCUT2D eigenvalue weighted by atomic mass is 32.2. The third kappa shape index (κ3) is 13.8. The summed E-state index contributed by atoms with van der Waals surface area (Å²) in [6, 6.07) is 30.3. The van der Waals surface area contributed by atoms with Crippen LogP contribution in [0, 0.1) is 0 Å². The first kappa shape index (κ1) is 28.8. The van der Waals surface area contributed by atoms with Gasteiger partial charge >= 0.3 is 0 Å². The predicted molar refractivity (Wildman–Crippen MR) is 137 cm³/mol. The molecule has 0 aromatic heterocycles. The summed E-state index contributed by atoms with van der Waals surface area (Å²) < 4.78 is 11.0. The molecule has 3 aromatic rings. The molecule has 0 saturated heterocycles. The lowest BCUT2D eigenvalue weighted by Crippen LogP contribution is -2.33. The molecule has 6 heteroatoms. The Hall–Kier alpha value is -2.19. The van der Waals surface area contributed by atoms with Crippen molar-refractivity contribution in [1.29, 1.82) is 0 Å². The zero-order chi connectivity index (χ0) is 24.2. The van der Waals surface area contributed by atoms with E-state index in [2.05, 4.69) is 29.1 Å². The highest BCUT2D eigenvalue weighted by Gasteiger charge is 2.14. The van der Waals surface area contributed by atoms with Gasteiger partial charge in [-0.05, 0) is 30.2 Å². The van der Waals surface area contributed by atoms with Crippen LogP contribution in [0.2, 0.25) is 0 Å². The number of aliphatic hydroxyl groups excluding tert-OH is 1. The van der Waals surface area contributed by atoms with Gasteiger partial charge in [-0.2, -0.15) is 0 Å². The number of ether oxygens (including phenoxy) is 2. The number of nitrogens with two attached hydrogens (primary N) is 1. The highest BCUT2D eigenvalue weighted by Crippen LogP contribution is 2.17. The van der Waals surface area contributed by atoms with Crippen LogP contribution in [0.4, 0.5) is 0 Å². The average Bonchev–Trinajstić information content (AvgIpc) is 2.88. The van der Waals surface area contributed by atoms with Crippen molar-refractivity contribution >= 4 is 11.8 Å². The van der Waals surface area contributed by atoms with Gasteiger partial charge in [-0.1, -0.05) is 104 Å². The fourth-order valence-corrected chi connectivity index (χ4v) is 3.17. The van der Waals surface area contributed by atoms with E-state index in [9.17, 15) is 5.11 Å². The molecule has 33 heavy (non-hydrogen) atoms. The molecule has 3 aromatic carbocycles. The lowest BCUT2D eigenvalue weighted by molar-refractivity contribution is -0.0782. The quantitative estimate of drug-likeness (QED) is 0.159. The molecule has 5 nitrogen and oxygen atoms in total. The SMILES string of the molecule is CC.C[C@H](O)C(COCc1ccccc1)ON.c1ccc(COCSc2ccccc2)cc1. The molecule has 0 aliphatic heterocycles. The van der Waals surface area contributed by atoms with Crippen LogP contribution in [0.15, 0.2) is 95.9 Å². The summed E-state index contributed by atoms with van der Waals surface area (Å²) in [5.74, 6) is 5.71. The maximum absolute atomic E-state index is 9.22. The second-order valence-electron chi connectivity index (χ2n) is 6.83. The number of hydrogen-bond acceptors (Lipinski definition) is 6. The van der Waals surface area contributed by atoms with Gasteiger partial charge in [0.25, 0.3) is 0 Å². The molecule has 0 heterocycles. The third-order valence-electron chi connectivity index (χ3n) is 4.27. The first-order valence-electron chi connectivity index (χ1n) is 11.1. The van der Waals surface area contributed by atoms with Gasteiger partial charge in [-0.15, -0.1) is 0 Å². The summed E-state index contributed by atoms with van der Waals surface area (Å²) in [4.78, 5) is 5.82. The Balaban J connectivity index is 0.000000308. The van der Waals surface area contributed by atoms with E-state index in [4.69, 9.17) is 15.4 Å². The third-order valence-corrected chi connectivity index (χ3v) is 5.16. The largest absolute Gasteiger partial charge is 0.391 e. The van der Waals surface area contributed by atoms with Crippen molar-refractivity contribution in [2.75, 3.05) is 12.5 Å². The first-order valence-corrected chi connectivity index (χ1v) is 12.1. The molecule has 2 atom stereocenters. The Morgan fingerprint density at radius 1 is 0.758 bits per heavy atom. The summed E-state index contributed by atoms with van der Waals surface area (Å²) >= 11 is 1.72. The maximum atomic E-state index is 9.22. The Labute approximate surface area is 202 Å². The predicted octanol–water partition coefficient (Wildman–Crippen LogP) is 5.82. The standard InChI is InChI=1S/C14H14OS.C11H17NO3.C2H6/c1-3-7-13(8-4-1)11-15-12-16-14-9-5-2-6-10-14;1-9(13)11(15-12)8-14-7-10-5-3-2-4-6-10;1-2/h1-10H,11-12H2;2-6,9,11,13H,7-8,12H2,1H3;1-2H3/t;9-,11?;/m.0./s1. The van der Waals surface area contributed by atoms with E-state index < -0.39 is 12.2 Å². The summed E-state index contributed by atoms with van der Waals surface area (Å²) in [5.41, 5.74) is 2.30. The van der Waals surface area contributed by atoms with Crippen molar-refractivity contribution in [3.8, 4) is 0 Å². The van der Waals surface area contributed by atoms with Crippen LogP contribution in [0.3, 0.4) is 0 Å². The first-order chi connectivity index (χ1) is 16.2. The van der Waals surface area contributed by atoms with Crippen LogP contribution >= 0.6 is 11.8 Å². The minimum absolute atomic E-state index is 0.281. The monoisotopic (exact) mass is 471 g/mol. The van der Waals surface area contributed by atoms with E-state index in [-0.39, 0.29) is 6.61 Å². The smallest absolute Gasteiger partial charge is 0.127 e. The minimum Gasteiger partial charge on any atom is -0.391 e. The highest BCUT2D eigenvalue weighted by molar-refractivity contribution is 7.99. The van der Waals surface area contributed by atoms with Crippen LogP contribution in [-0.4, -0.2) is 29.9 Å². The fraction of sp³-hybridized carbons (Fsp3) is 0.333. The van der Waals surface area contributed by atoms with Crippen molar-refractivity contribution in [2.24, 2.45) is 5.90 Å². The molecule has 0 bridgehead atoms. The van der Waals surface area contributed by atoms with Gasteiger partial charge in [0.2, 0.25) is 0 Å². The van der Waals surface area contributed by atoms with Crippen LogP contribution in [0.1, 0.15) is 31.9 Å². The second-order valence-corrected chi connectivity index (χ2v) is 7.82. The summed E-state index contributed by atoms with van der Waals surface area (Å²) in [6.45, 7) is 7.07. The number of rotatable bonds is 11. The summed E-state index contributed by atoms with van der Waals surface area (Å²) in [5, 5.41) is 9.22. The van der Waals surface area contributed by atoms with Crippen molar-refractivity contribution in [3.63, 3.8) is 0 Å². The van der Waals surface area contributed by atoms with Gasteiger partial charge in [-0.3, -0.25) is 4.84 Å². The van der Waals surface area contributed by atoms with E-state index in [0.717, 1.165) is 5.56 Å². The molecule has 0 saturated carbocycles.